The highest BCUT2D eigenvalue weighted by molar-refractivity contribution is 7.89. The predicted octanol–water partition coefficient (Wildman–Crippen LogP) is 3.40. The second-order valence-electron chi connectivity index (χ2n) is 8.25. The zero-order valence-electron chi connectivity index (χ0n) is 17.5. The molecule has 0 amide bonds. The summed E-state index contributed by atoms with van der Waals surface area (Å²) in [5, 5.41) is 21.5. The van der Waals surface area contributed by atoms with Gasteiger partial charge in [0.25, 0.3) is 0 Å². The lowest BCUT2D eigenvalue weighted by Crippen LogP contribution is -2.34. The van der Waals surface area contributed by atoms with Crippen LogP contribution < -0.4 is 0 Å². The summed E-state index contributed by atoms with van der Waals surface area (Å²) in [7, 11) is -3.66. The molecule has 1 aliphatic heterocycles. The molecule has 0 bridgehead atoms. The smallest absolute Gasteiger partial charge is 0.243 e. The lowest BCUT2D eigenvalue weighted by Gasteiger charge is -2.21. The van der Waals surface area contributed by atoms with Crippen LogP contribution in [0.3, 0.4) is 0 Å². The largest absolute Gasteiger partial charge is 0.285 e. The summed E-state index contributed by atoms with van der Waals surface area (Å²) in [5.74, 6) is 0.149. The summed E-state index contributed by atoms with van der Waals surface area (Å²) < 4.78 is 29.9. The second kappa shape index (κ2) is 7.89. The Labute approximate surface area is 186 Å². The summed E-state index contributed by atoms with van der Waals surface area (Å²) >= 11 is 0. The number of sulfonamides is 1. The van der Waals surface area contributed by atoms with Gasteiger partial charge in [-0.25, -0.2) is 8.42 Å². The van der Waals surface area contributed by atoms with Gasteiger partial charge in [-0.2, -0.15) is 19.8 Å². The molecular weight excluding hydrogens is 424 g/mol. The highest BCUT2D eigenvalue weighted by Gasteiger charge is 2.38. The molecule has 1 aliphatic rings. The number of benzene rings is 2. The number of nitrogens with zero attached hydrogens (tertiary/aromatic N) is 5. The van der Waals surface area contributed by atoms with Crippen LogP contribution in [0.25, 0.3) is 22.0 Å². The number of fused-ring (bicyclic) bond motifs is 1. The van der Waals surface area contributed by atoms with Crippen LogP contribution in [0, 0.1) is 17.2 Å². The van der Waals surface area contributed by atoms with Crippen molar-refractivity contribution in [2.24, 2.45) is 5.92 Å². The van der Waals surface area contributed by atoms with E-state index in [0.29, 0.717) is 18.7 Å². The summed E-state index contributed by atoms with van der Waals surface area (Å²) in [5.41, 5.74) is 3.45. The van der Waals surface area contributed by atoms with Gasteiger partial charge in [0.1, 0.15) is 0 Å². The van der Waals surface area contributed by atoms with Gasteiger partial charge in [-0.3, -0.25) is 9.78 Å². The van der Waals surface area contributed by atoms with Gasteiger partial charge in [-0.1, -0.05) is 12.1 Å². The van der Waals surface area contributed by atoms with Crippen molar-refractivity contribution in [3.8, 4) is 17.2 Å². The van der Waals surface area contributed by atoms with Crippen LogP contribution in [-0.4, -0.2) is 45.3 Å². The molecule has 2 atom stereocenters. The molecule has 5 rings (SSSR count). The average molecular weight is 447 g/mol. The lowest BCUT2D eigenvalue weighted by atomic mass is 10.1. The van der Waals surface area contributed by atoms with Gasteiger partial charge >= 0.3 is 0 Å². The van der Waals surface area contributed by atoms with Crippen molar-refractivity contribution in [2.75, 3.05) is 6.54 Å². The van der Waals surface area contributed by atoms with Crippen LogP contribution in [-0.2, 0) is 16.6 Å². The Morgan fingerprint density at radius 1 is 1.19 bits per heavy atom. The average Bonchev–Trinajstić information content (AvgIpc) is 3.54. The van der Waals surface area contributed by atoms with Crippen molar-refractivity contribution >= 4 is 20.9 Å². The van der Waals surface area contributed by atoms with Crippen molar-refractivity contribution in [2.45, 2.75) is 30.8 Å². The quantitative estimate of drug-likeness (QED) is 0.506. The van der Waals surface area contributed by atoms with E-state index in [1.54, 1.807) is 28.7 Å². The van der Waals surface area contributed by atoms with Gasteiger partial charge in [0.15, 0.2) is 0 Å². The third-order valence-corrected chi connectivity index (χ3v) is 8.05. The van der Waals surface area contributed by atoms with Crippen LogP contribution in [0.15, 0.2) is 66.0 Å². The number of hydrogen-bond donors (Lipinski definition) is 1. The van der Waals surface area contributed by atoms with Gasteiger partial charge in [0.05, 0.1) is 34.4 Å². The van der Waals surface area contributed by atoms with Gasteiger partial charge in [0, 0.05) is 36.3 Å². The first kappa shape index (κ1) is 20.4. The van der Waals surface area contributed by atoms with Gasteiger partial charge < -0.3 is 0 Å². The molecule has 1 fully saturated rings. The Balaban J connectivity index is 1.36. The maximum Gasteiger partial charge on any atom is 0.243 e. The number of rotatable bonds is 5. The fraction of sp³-hybridized carbons (Fsp3) is 0.261. The zero-order valence-corrected chi connectivity index (χ0v) is 18.3. The normalized spacial score (nSPS) is 19.4. The first-order valence-electron chi connectivity index (χ1n) is 10.4. The number of hydrogen-bond acceptors (Lipinski definition) is 5. The Kier molecular flexibility index (Phi) is 5.04. The van der Waals surface area contributed by atoms with Crippen LogP contribution >= 0.6 is 0 Å². The Bertz CT molecular complexity index is 1420. The predicted molar refractivity (Wildman–Crippen MR) is 120 cm³/mol. The van der Waals surface area contributed by atoms with Gasteiger partial charge in [0.2, 0.25) is 10.0 Å². The van der Waals surface area contributed by atoms with Gasteiger partial charge in [-0.05, 0) is 55.2 Å². The minimum Gasteiger partial charge on any atom is -0.285 e. The van der Waals surface area contributed by atoms with Crippen molar-refractivity contribution in [3.63, 3.8) is 0 Å². The SMILES string of the molecule is C[C@@H]1C[C@@H](Cn2ncc3cc(-c4cn[nH]c4)ccc32)CN1S(=O)(=O)c1cccc(C#N)c1. The van der Waals surface area contributed by atoms with Crippen LogP contribution in [0.4, 0.5) is 0 Å². The van der Waals surface area contributed by atoms with Crippen molar-refractivity contribution < 1.29 is 8.42 Å². The standard InChI is InChI=1S/C23H22N6O2S/c1-16-7-18(15-29(16)32(30,31)22-4-2-3-17(8-22)10-24)14-28-23-6-5-19(9-20(23)13-27-28)21-11-25-26-12-21/h2-6,8-9,11-13,16,18H,7,14-15H2,1H3,(H,25,26)/t16-,18+/m1/s1. The highest BCUT2D eigenvalue weighted by Crippen LogP contribution is 2.31. The van der Waals surface area contributed by atoms with E-state index < -0.39 is 10.0 Å². The van der Waals surface area contributed by atoms with E-state index in [1.807, 2.05) is 42.2 Å². The molecule has 32 heavy (non-hydrogen) atoms. The molecule has 0 saturated carbocycles. The molecule has 9 heteroatoms. The molecule has 0 unspecified atom stereocenters. The molecule has 0 aliphatic carbocycles. The summed E-state index contributed by atoms with van der Waals surface area (Å²) in [4.78, 5) is 0.167. The molecule has 1 saturated heterocycles. The van der Waals surface area contributed by atoms with E-state index >= 15 is 0 Å². The minimum absolute atomic E-state index is 0.120. The van der Waals surface area contributed by atoms with Gasteiger partial charge in [-0.15, -0.1) is 0 Å². The third kappa shape index (κ3) is 3.57. The number of aromatic nitrogens is 4. The molecule has 1 N–H and O–H groups in total. The molecule has 8 nitrogen and oxygen atoms in total. The number of nitrogens with one attached hydrogen (secondary N) is 1. The molecular formula is C23H22N6O2S. The topological polar surface area (TPSA) is 108 Å². The number of H-pyrrole nitrogens is 1. The minimum atomic E-state index is -3.66. The molecule has 3 heterocycles. The first-order valence-corrected chi connectivity index (χ1v) is 11.9. The van der Waals surface area contributed by atoms with Crippen molar-refractivity contribution in [1.82, 2.24) is 24.3 Å². The molecule has 4 aromatic rings. The fourth-order valence-corrected chi connectivity index (χ4v) is 6.27. The number of nitriles is 1. The second-order valence-corrected chi connectivity index (χ2v) is 10.1. The monoisotopic (exact) mass is 446 g/mol. The van der Waals surface area contributed by atoms with E-state index in [0.717, 1.165) is 28.5 Å². The van der Waals surface area contributed by atoms with Crippen LogP contribution in [0.2, 0.25) is 0 Å². The van der Waals surface area contributed by atoms with Crippen molar-refractivity contribution in [3.05, 3.63) is 66.6 Å². The number of aromatic amines is 1. The maximum atomic E-state index is 13.2. The van der Waals surface area contributed by atoms with Crippen LogP contribution in [0.1, 0.15) is 18.9 Å². The molecule has 2 aromatic carbocycles. The van der Waals surface area contributed by atoms with E-state index in [2.05, 4.69) is 21.4 Å². The lowest BCUT2D eigenvalue weighted by molar-refractivity contribution is 0.396. The van der Waals surface area contributed by atoms with Crippen molar-refractivity contribution in [1.29, 1.82) is 5.26 Å². The van der Waals surface area contributed by atoms with E-state index in [4.69, 9.17) is 5.26 Å². The Morgan fingerprint density at radius 2 is 2.06 bits per heavy atom. The molecule has 162 valence electrons. The summed E-state index contributed by atoms with van der Waals surface area (Å²) in [6.07, 6.45) is 6.24. The van der Waals surface area contributed by atoms with E-state index in [9.17, 15) is 8.42 Å². The molecule has 0 radical (unpaired) electrons. The summed E-state index contributed by atoms with van der Waals surface area (Å²) in [6.45, 7) is 3.00. The first-order chi connectivity index (χ1) is 15.5. The molecule has 2 aromatic heterocycles. The summed E-state index contributed by atoms with van der Waals surface area (Å²) in [6, 6.07) is 14.3. The molecule has 0 spiro atoms. The van der Waals surface area contributed by atoms with Crippen LogP contribution in [0.5, 0.6) is 0 Å². The Morgan fingerprint density at radius 3 is 2.84 bits per heavy atom. The maximum absolute atomic E-state index is 13.2. The Hall–Kier alpha value is -3.48. The van der Waals surface area contributed by atoms with E-state index in [1.165, 1.54) is 6.07 Å². The third-order valence-electron chi connectivity index (χ3n) is 6.08. The fourth-order valence-electron chi connectivity index (χ4n) is 4.50. The zero-order chi connectivity index (χ0) is 22.3. The highest BCUT2D eigenvalue weighted by atomic mass is 32.2. The van der Waals surface area contributed by atoms with E-state index in [-0.39, 0.29) is 16.9 Å².